The van der Waals surface area contributed by atoms with Crippen LogP contribution in [0.15, 0.2) is 22.8 Å². The van der Waals surface area contributed by atoms with Crippen molar-refractivity contribution in [2.75, 3.05) is 29.4 Å². The molecule has 0 radical (unpaired) electrons. The molecule has 2 fully saturated rings. The Morgan fingerprint density at radius 3 is 2.77 bits per heavy atom. The second-order valence-electron chi connectivity index (χ2n) is 6.57. The Bertz CT molecular complexity index is 767. The van der Waals surface area contributed by atoms with Crippen molar-refractivity contribution in [2.24, 2.45) is 5.92 Å². The molecule has 2 aromatic rings. The zero-order chi connectivity index (χ0) is 17.9. The summed E-state index contributed by atoms with van der Waals surface area (Å²) in [5, 5.41) is 12.9. The average molecular weight is 375 g/mol. The van der Waals surface area contributed by atoms with Crippen molar-refractivity contribution in [1.82, 2.24) is 15.5 Å². The van der Waals surface area contributed by atoms with Crippen LogP contribution in [0.2, 0.25) is 0 Å². The van der Waals surface area contributed by atoms with Gasteiger partial charge in [-0.1, -0.05) is 11.3 Å². The highest BCUT2D eigenvalue weighted by atomic mass is 32.1. The quantitative estimate of drug-likeness (QED) is 0.857. The minimum atomic E-state index is 0.00811. The molecule has 2 aliphatic rings. The number of amides is 2. The Balaban J connectivity index is 1.29. The Kier molecular flexibility index (Phi) is 4.87. The molecule has 2 saturated heterocycles. The molecule has 0 bridgehead atoms. The second kappa shape index (κ2) is 7.45. The van der Waals surface area contributed by atoms with E-state index in [9.17, 15) is 9.59 Å². The van der Waals surface area contributed by atoms with Crippen molar-refractivity contribution in [3.8, 4) is 0 Å². The standard InChI is InChI=1S/C17H21N5O3S/c23-14-4-1-7-22(14)17-20-19-16(26-17)21-8-5-12(6-9-21)15(24)18-11-13-3-2-10-25-13/h2-3,10,12H,1,4-9,11H2,(H,18,24). The topological polar surface area (TPSA) is 91.6 Å². The van der Waals surface area contributed by atoms with Crippen molar-refractivity contribution in [3.05, 3.63) is 24.2 Å². The Morgan fingerprint density at radius 1 is 1.27 bits per heavy atom. The first-order chi connectivity index (χ1) is 12.7. The largest absolute Gasteiger partial charge is 0.467 e. The highest BCUT2D eigenvalue weighted by Crippen LogP contribution is 2.32. The molecule has 1 N–H and O–H groups in total. The molecular formula is C17H21N5O3S. The summed E-state index contributed by atoms with van der Waals surface area (Å²) in [7, 11) is 0. The van der Waals surface area contributed by atoms with Crippen LogP contribution in [0, 0.1) is 5.92 Å². The van der Waals surface area contributed by atoms with Crippen LogP contribution in [0.3, 0.4) is 0 Å². The highest BCUT2D eigenvalue weighted by molar-refractivity contribution is 7.19. The molecule has 8 nitrogen and oxygen atoms in total. The van der Waals surface area contributed by atoms with Crippen molar-refractivity contribution < 1.29 is 14.0 Å². The number of anilines is 2. The molecule has 0 aliphatic carbocycles. The van der Waals surface area contributed by atoms with Crippen LogP contribution in [-0.2, 0) is 16.1 Å². The van der Waals surface area contributed by atoms with E-state index >= 15 is 0 Å². The molecule has 9 heteroatoms. The monoisotopic (exact) mass is 375 g/mol. The van der Waals surface area contributed by atoms with Crippen LogP contribution < -0.4 is 15.1 Å². The molecule has 4 rings (SSSR count). The van der Waals surface area contributed by atoms with Gasteiger partial charge in [-0.3, -0.25) is 14.5 Å². The van der Waals surface area contributed by atoms with E-state index in [2.05, 4.69) is 20.4 Å². The van der Waals surface area contributed by atoms with Gasteiger partial charge >= 0.3 is 0 Å². The van der Waals surface area contributed by atoms with Gasteiger partial charge in [0.25, 0.3) is 0 Å². The molecule has 0 unspecified atom stereocenters. The number of aromatic nitrogens is 2. The fourth-order valence-electron chi connectivity index (χ4n) is 3.36. The zero-order valence-electron chi connectivity index (χ0n) is 14.4. The summed E-state index contributed by atoms with van der Waals surface area (Å²) in [6.45, 7) is 2.68. The van der Waals surface area contributed by atoms with Crippen molar-refractivity contribution in [3.63, 3.8) is 0 Å². The first-order valence-corrected chi connectivity index (χ1v) is 9.71. The predicted molar refractivity (Wildman–Crippen MR) is 97.0 cm³/mol. The average Bonchev–Trinajstić information content (AvgIpc) is 3.41. The number of hydrogen-bond donors (Lipinski definition) is 1. The van der Waals surface area contributed by atoms with E-state index in [0.29, 0.717) is 18.1 Å². The molecule has 4 heterocycles. The third-order valence-corrected chi connectivity index (χ3v) is 5.87. The van der Waals surface area contributed by atoms with Crippen molar-refractivity contribution in [1.29, 1.82) is 0 Å². The lowest BCUT2D eigenvalue weighted by molar-refractivity contribution is -0.125. The predicted octanol–water partition coefficient (Wildman–Crippen LogP) is 1.79. The lowest BCUT2D eigenvalue weighted by Gasteiger charge is -2.30. The summed E-state index contributed by atoms with van der Waals surface area (Å²) >= 11 is 1.45. The maximum absolute atomic E-state index is 12.3. The SMILES string of the molecule is O=C(NCc1ccco1)C1CCN(c2nnc(N3CCCC3=O)s2)CC1. The number of nitrogens with zero attached hydrogens (tertiary/aromatic N) is 4. The van der Waals surface area contributed by atoms with Crippen LogP contribution in [0.5, 0.6) is 0 Å². The van der Waals surface area contributed by atoms with Gasteiger partial charge in [-0.25, -0.2) is 0 Å². The molecule has 2 aromatic heterocycles. The fourth-order valence-corrected chi connectivity index (χ4v) is 4.30. The van der Waals surface area contributed by atoms with Crippen LogP contribution in [0.25, 0.3) is 0 Å². The van der Waals surface area contributed by atoms with Crippen LogP contribution >= 0.6 is 11.3 Å². The lowest BCUT2D eigenvalue weighted by Crippen LogP contribution is -2.40. The lowest BCUT2D eigenvalue weighted by atomic mass is 9.96. The first kappa shape index (κ1) is 17.0. The molecule has 0 spiro atoms. The van der Waals surface area contributed by atoms with E-state index in [4.69, 9.17) is 4.42 Å². The van der Waals surface area contributed by atoms with E-state index in [1.807, 2.05) is 12.1 Å². The van der Waals surface area contributed by atoms with E-state index in [1.54, 1.807) is 11.2 Å². The van der Waals surface area contributed by atoms with E-state index in [-0.39, 0.29) is 17.7 Å². The van der Waals surface area contributed by atoms with Gasteiger partial charge in [0, 0.05) is 32.0 Å². The van der Waals surface area contributed by atoms with Crippen molar-refractivity contribution >= 4 is 33.4 Å². The first-order valence-electron chi connectivity index (χ1n) is 8.89. The molecule has 26 heavy (non-hydrogen) atoms. The normalized spacial score (nSPS) is 18.5. The summed E-state index contributed by atoms with van der Waals surface area (Å²) in [4.78, 5) is 28.0. The number of nitrogens with one attached hydrogen (secondary N) is 1. The van der Waals surface area contributed by atoms with Gasteiger partial charge in [-0.15, -0.1) is 10.2 Å². The number of carbonyl (C=O) groups is 2. The van der Waals surface area contributed by atoms with E-state index < -0.39 is 0 Å². The van der Waals surface area contributed by atoms with E-state index in [1.165, 1.54) is 11.3 Å². The molecular weight excluding hydrogens is 354 g/mol. The Morgan fingerprint density at radius 2 is 2.08 bits per heavy atom. The maximum atomic E-state index is 12.3. The summed E-state index contributed by atoms with van der Waals surface area (Å²) < 4.78 is 5.23. The maximum Gasteiger partial charge on any atom is 0.228 e. The highest BCUT2D eigenvalue weighted by Gasteiger charge is 2.29. The number of rotatable bonds is 5. The molecule has 0 atom stereocenters. The van der Waals surface area contributed by atoms with Crippen LogP contribution in [-0.4, -0.2) is 41.6 Å². The minimum Gasteiger partial charge on any atom is -0.467 e. The summed E-state index contributed by atoms with van der Waals surface area (Å²) in [6, 6.07) is 3.66. The van der Waals surface area contributed by atoms with Gasteiger partial charge in [0.05, 0.1) is 12.8 Å². The van der Waals surface area contributed by atoms with Crippen LogP contribution in [0.4, 0.5) is 10.3 Å². The third-order valence-electron chi connectivity index (χ3n) is 4.86. The Hall–Kier alpha value is -2.42. The van der Waals surface area contributed by atoms with Gasteiger partial charge in [0.1, 0.15) is 5.76 Å². The summed E-state index contributed by atoms with van der Waals surface area (Å²) in [5.41, 5.74) is 0. The minimum absolute atomic E-state index is 0.00811. The summed E-state index contributed by atoms with van der Waals surface area (Å²) in [5.74, 6) is 0.962. The fraction of sp³-hybridized carbons (Fsp3) is 0.529. The van der Waals surface area contributed by atoms with Crippen LogP contribution in [0.1, 0.15) is 31.4 Å². The van der Waals surface area contributed by atoms with E-state index in [0.717, 1.165) is 49.8 Å². The van der Waals surface area contributed by atoms with Crippen molar-refractivity contribution in [2.45, 2.75) is 32.2 Å². The van der Waals surface area contributed by atoms with Gasteiger partial charge in [-0.2, -0.15) is 0 Å². The molecule has 0 saturated carbocycles. The smallest absolute Gasteiger partial charge is 0.228 e. The molecule has 138 valence electrons. The molecule has 0 aromatic carbocycles. The van der Waals surface area contributed by atoms with Gasteiger partial charge in [0.15, 0.2) is 0 Å². The molecule has 2 aliphatic heterocycles. The zero-order valence-corrected chi connectivity index (χ0v) is 15.2. The number of furan rings is 1. The number of piperidine rings is 1. The molecule has 2 amide bonds. The van der Waals surface area contributed by atoms with Gasteiger partial charge in [0.2, 0.25) is 22.1 Å². The van der Waals surface area contributed by atoms with Gasteiger partial charge in [-0.05, 0) is 31.4 Å². The van der Waals surface area contributed by atoms with Gasteiger partial charge < -0.3 is 14.6 Å². The third kappa shape index (κ3) is 3.57. The summed E-state index contributed by atoms with van der Waals surface area (Å²) in [6.07, 6.45) is 4.63. The Labute approximate surface area is 155 Å². The number of hydrogen-bond acceptors (Lipinski definition) is 7. The number of carbonyl (C=O) groups excluding carboxylic acids is 2. The second-order valence-corrected chi connectivity index (χ2v) is 7.51.